The number of anilines is 1. The average molecular weight is 408 g/mol. The lowest BCUT2D eigenvalue weighted by Gasteiger charge is -2.32. The van der Waals surface area contributed by atoms with E-state index >= 15 is 0 Å². The Balaban J connectivity index is 1.55. The predicted molar refractivity (Wildman–Crippen MR) is 115 cm³/mol. The van der Waals surface area contributed by atoms with E-state index in [1.807, 2.05) is 39.0 Å². The van der Waals surface area contributed by atoms with E-state index in [2.05, 4.69) is 17.0 Å². The molecule has 0 atom stereocenters. The maximum absolute atomic E-state index is 12.7. The van der Waals surface area contributed by atoms with Gasteiger partial charge >= 0.3 is 5.91 Å². The number of nitrogens with zero attached hydrogens (tertiary/aromatic N) is 2. The Hall–Kier alpha value is -2.86. The third kappa shape index (κ3) is 3.67. The molecular weight excluding hydrogens is 380 g/mol. The first-order valence-corrected chi connectivity index (χ1v) is 10.7. The normalized spacial score (nSPS) is 15.9. The molecule has 2 aliphatic rings. The molecule has 0 saturated carbocycles. The highest BCUT2D eigenvalue weighted by Crippen LogP contribution is 2.35. The van der Waals surface area contributed by atoms with Gasteiger partial charge in [0.2, 0.25) is 0 Å². The maximum atomic E-state index is 12.7. The van der Waals surface area contributed by atoms with Gasteiger partial charge in [-0.25, -0.2) is 0 Å². The van der Waals surface area contributed by atoms with E-state index in [0.717, 1.165) is 42.1 Å². The number of ether oxygens (including phenoxy) is 2. The summed E-state index contributed by atoms with van der Waals surface area (Å²) < 4.78 is 11.5. The number of ketones is 1. The Labute approximate surface area is 177 Å². The summed E-state index contributed by atoms with van der Waals surface area (Å²) in [7, 11) is 0. The van der Waals surface area contributed by atoms with E-state index in [1.165, 1.54) is 11.1 Å². The van der Waals surface area contributed by atoms with Gasteiger partial charge in [0.15, 0.2) is 11.5 Å². The quantitative estimate of drug-likeness (QED) is 0.656. The molecule has 2 aromatic carbocycles. The van der Waals surface area contributed by atoms with Crippen LogP contribution in [0.3, 0.4) is 0 Å². The molecule has 0 spiro atoms. The summed E-state index contributed by atoms with van der Waals surface area (Å²) in [5.41, 5.74) is 4.73. The Morgan fingerprint density at radius 3 is 2.30 bits per heavy atom. The monoisotopic (exact) mass is 408 g/mol. The van der Waals surface area contributed by atoms with Crippen molar-refractivity contribution in [1.82, 2.24) is 4.90 Å². The number of hydrogen-bond acceptors (Lipinski definition) is 5. The largest absolute Gasteiger partial charge is 0.490 e. The second kappa shape index (κ2) is 8.48. The fourth-order valence-corrected chi connectivity index (χ4v) is 4.19. The van der Waals surface area contributed by atoms with Gasteiger partial charge in [0.1, 0.15) is 0 Å². The summed E-state index contributed by atoms with van der Waals surface area (Å²) in [5.74, 6) is 0.695. The van der Waals surface area contributed by atoms with Crippen molar-refractivity contribution < 1.29 is 19.1 Å². The number of fused-ring (bicyclic) bond motifs is 2. The van der Waals surface area contributed by atoms with Gasteiger partial charge in [-0.3, -0.25) is 19.4 Å². The molecule has 0 fully saturated rings. The summed E-state index contributed by atoms with van der Waals surface area (Å²) in [6.07, 6.45) is 1.70. The van der Waals surface area contributed by atoms with Crippen molar-refractivity contribution in [3.8, 4) is 11.5 Å². The lowest BCUT2D eigenvalue weighted by molar-refractivity contribution is -0.114. The zero-order valence-electron chi connectivity index (χ0n) is 17.9. The first-order valence-electron chi connectivity index (χ1n) is 10.7. The predicted octanol–water partition coefficient (Wildman–Crippen LogP) is 3.59. The van der Waals surface area contributed by atoms with Gasteiger partial charge in [-0.05, 0) is 67.6 Å². The molecule has 0 saturated heterocycles. The summed E-state index contributed by atoms with van der Waals surface area (Å²) >= 11 is 0. The molecule has 0 aliphatic carbocycles. The van der Waals surface area contributed by atoms with E-state index in [4.69, 9.17) is 9.47 Å². The van der Waals surface area contributed by atoms with Gasteiger partial charge in [0, 0.05) is 13.1 Å². The topological polar surface area (TPSA) is 59.1 Å². The van der Waals surface area contributed by atoms with Crippen LogP contribution in [0.1, 0.15) is 47.8 Å². The molecule has 158 valence electrons. The molecule has 2 heterocycles. The second-order valence-electron chi connectivity index (χ2n) is 7.65. The van der Waals surface area contributed by atoms with Gasteiger partial charge in [0.25, 0.3) is 5.78 Å². The Kier molecular flexibility index (Phi) is 5.77. The number of benzene rings is 2. The number of amides is 1. The highest BCUT2D eigenvalue weighted by Gasteiger charge is 2.37. The maximum Gasteiger partial charge on any atom is 0.300 e. The second-order valence-corrected chi connectivity index (χ2v) is 7.65. The van der Waals surface area contributed by atoms with Gasteiger partial charge in [-0.2, -0.15) is 0 Å². The average Bonchev–Trinajstić information content (AvgIpc) is 2.99. The van der Waals surface area contributed by atoms with Crippen molar-refractivity contribution in [2.45, 2.75) is 40.2 Å². The molecule has 30 heavy (non-hydrogen) atoms. The number of rotatable bonds is 7. The number of Topliss-reactive ketones (excluding diaryl/α,β-unsaturated/α-hetero) is 1. The van der Waals surface area contributed by atoms with Crippen LogP contribution in [0.4, 0.5) is 5.69 Å². The van der Waals surface area contributed by atoms with Crippen LogP contribution < -0.4 is 14.4 Å². The van der Waals surface area contributed by atoms with Crippen LogP contribution in [0.5, 0.6) is 11.5 Å². The standard InChI is InChI=1S/C24H28N2O4/c1-4-16-7-8-20-19(11-16)23(27)24(28)26(20)15-25-10-9-17-12-21(29-5-2)22(30-6-3)13-18(17)14-25/h7-8,11-13H,4-6,9-10,14-15H2,1-3H3. The van der Waals surface area contributed by atoms with Crippen molar-refractivity contribution in [2.75, 3.05) is 31.3 Å². The minimum Gasteiger partial charge on any atom is -0.490 e. The number of carbonyl (C=O) groups is 2. The molecule has 0 unspecified atom stereocenters. The van der Waals surface area contributed by atoms with Crippen LogP contribution in [0.25, 0.3) is 0 Å². The number of hydrogen-bond donors (Lipinski definition) is 0. The zero-order chi connectivity index (χ0) is 21.3. The fourth-order valence-electron chi connectivity index (χ4n) is 4.19. The lowest BCUT2D eigenvalue weighted by Crippen LogP contribution is -2.43. The van der Waals surface area contributed by atoms with Gasteiger partial charge in [0.05, 0.1) is 31.1 Å². The van der Waals surface area contributed by atoms with Crippen molar-refractivity contribution in [3.05, 3.63) is 52.6 Å². The van der Waals surface area contributed by atoms with Crippen LogP contribution in [0.15, 0.2) is 30.3 Å². The molecule has 0 aromatic heterocycles. The third-order valence-corrected chi connectivity index (χ3v) is 5.74. The molecule has 6 heteroatoms. The Bertz CT molecular complexity index is 985. The number of carbonyl (C=O) groups excluding carboxylic acids is 2. The first-order chi connectivity index (χ1) is 14.5. The highest BCUT2D eigenvalue weighted by molar-refractivity contribution is 6.52. The molecule has 1 amide bonds. The van der Waals surface area contributed by atoms with Gasteiger partial charge in [-0.1, -0.05) is 13.0 Å². The summed E-state index contributed by atoms with van der Waals surface area (Å²) in [6, 6.07) is 9.87. The van der Waals surface area contributed by atoms with Gasteiger partial charge in [-0.15, -0.1) is 0 Å². The SMILES string of the molecule is CCOc1cc2c(cc1OCC)CN(CN1C(=O)C(=O)c3cc(CC)ccc31)CC2. The Morgan fingerprint density at radius 2 is 1.63 bits per heavy atom. The minimum atomic E-state index is -0.439. The molecule has 4 rings (SSSR count). The van der Waals surface area contributed by atoms with E-state index in [-0.39, 0.29) is 0 Å². The van der Waals surface area contributed by atoms with E-state index < -0.39 is 11.7 Å². The summed E-state index contributed by atoms with van der Waals surface area (Å²) in [5, 5.41) is 0. The van der Waals surface area contributed by atoms with E-state index in [0.29, 0.717) is 32.0 Å². The smallest absolute Gasteiger partial charge is 0.300 e. The van der Waals surface area contributed by atoms with Crippen LogP contribution in [-0.2, 0) is 24.2 Å². The van der Waals surface area contributed by atoms with Gasteiger partial charge < -0.3 is 9.47 Å². The van der Waals surface area contributed by atoms with Crippen LogP contribution in [-0.4, -0.2) is 43.0 Å². The first kappa shape index (κ1) is 20.4. The zero-order valence-corrected chi connectivity index (χ0v) is 17.9. The molecule has 0 N–H and O–H groups in total. The van der Waals surface area contributed by atoms with Crippen molar-refractivity contribution in [2.24, 2.45) is 0 Å². The molecule has 0 radical (unpaired) electrons. The molecular formula is C24H28N2O4. The van der Waals surface area contributed by atoms with E-state index in [9.17, 15) is 9.59 Å². The van der Waals surface area contributed by atoms with Crippen molar-refractivity contribution in [3.63, 3.8) is 0 Å². The molecule has 2 aromatic rings. The Morgan fingerprint density at radius 1 is 0.933 bits per heavy atom. The summed E-state index contributed by atoms with van der Waals surface area (Å²) in [6.45, 7) is 9.04. The lowest BCUT2D eigenvalue weighted by atomic mass is 9.99. The minimum absolute atomic E-state index is 0.402. The third-order valence-electron chi connectivity index (χ3n) is 5.74. The van der Waals surface area contributed by atoms with Crippen molar-refractivity contribution >= 4 is 17.4 Å². The van der Waals surface area contributed by atoms with Crippen LogP contribution in [0.2, 0.25) is 0 Å². The molecule has 2 aliphatic heterocycles. The molecule has 6 nitrogen and oxygen atoms in total. The summed E-state index contributed by atoms with van der Waals surface area (Å²) in [4.78, 5) is 29.0. The molecule has 0 bridgehead atoms. The fraction of sp³-hybridized carbons (Fsp3) is 0.417. The van der Waals surface area contributed by atoms with Crippen LogP contribution >= 0.6 is 0 Å². The number of aryl methyl sites for hydroxylation is 1. The van der Waals surface area contributed by atoms with E-state index in [1.54, 1.807) is 4.90 Å². The van der Waals surface area contributed by atoms with Crippen LogP contribution in [0, 0.1) is 0 Å². The highest BCUT2D eigenvalue weighted by atomic mass is 16.5. The van der Waals surface area contributed by atoms with Crippen molar-refractivity contribution in [1.29, 1.82) is 0 Å².